The second kappa shape index (κ2) is 5.38. The minimum absolute atomic E-state index is 0.388. The molecule has 1 aliphatic rings. The Kier molecular flexibility index (Phi) is 3.58. The molecule has 5 nitrogen and oxygen atoms in total. The van der Waals surface area contributed by atoms with E-state index in [0.29, 0.717) is 12.2 Å². The molecule has 0 saturated heterocycles. The normalized spacial score (nSPS) is 13.9. The summed E-state index contributed by atoms with van der Waals surface area (Å²) in [5, 5.41) is 7.71. The molecule has 0 amide bonds. The van der Waals surface area contributed by atoms with Crippen molar-refractivity contribution in [3.05, 3.63) is 45.7 Å². The summed E-state index contributed by atoms with van der Waals surface area (Å²) >= 11 is 3.42. The van der Waals surface area contributed by atoms with Gasteiger partial charge in [-0.2, -0.15) is 5.10 Å². The van der Waals surface area contributed by atoms with Gasteiger partial charge in [-0.25, -0.2) is 9.48 Å². The third-order valence-electron chi connectivity index (χ3n) is 3.38. The van der Waals surface area contributed by atoms with Crippen LogP contribution in [0.5, 0.6) is 0 Å². The summed E-state index contributed by atoms with van der Waals surface area (Å²) in [7, 11) is 1.38. The minimum Gasteiger partial charge on any atom is -0.464 e. The maximum Gasteiger partial charge on any atom is 0.358 e. The Morgan fingerprint density at radius 2 is 2.15 bits per heavy atom. The standard InChI is InChI=1S/C14H14BrN3O2/c1-20-14(19)13-11-8-16-7-6-12(11)18(17-13)10-4-2-9(15)3-5-10/h2-5,16H,6-8H2,1H3. The van der Waals surface area contributed by atoms with E-state index in [-0.39, 0.29) is 5.97 Å². The number of halogens is 1. The van der Waals surface area contributed by atoms with Gasteiger partial charge in [0.1, 0.15) is 0 Å². The summed E-state index contributed by atoms with van der Waals surface area (Å²) in [4.78, 5) is 11.9. The average molecular weight is 336 g/mol. The van der Waals surface area contributed by atoms with Crippen LogP contribution in [0.2, 0.25) is 0 Å². The number of rotatable bonds is 2. The molecule has 0 radical (unpaired) electrons. The van der Waals surface area contributed by atoms with Crippen molar-refractivity contribution in [1.29, 1.82) is 0 Å². The monoisotopic (exact) mass is 335 g/mol. The fourth-order valence-corrected chi connectivity index (χ4v) is 2.67. The topological polar surface area (TPSA) is 56.1 Å². The molecule has 0 unspecified atom stereocenters. The fourth-order valence-electron chi connectivity index (χ4n) is 2.40. The van der Waals surface area contributed by atoms with Crippen LogP contribution < -0.4 is 5.32 Å². The Morgan fingerprint density at radius 1 is 1.40 bits per heavy atom. The van der Waals surface area contributed by atoms with Crippen LogP contribution in [-0.2, 0) is 17.7 Å². The van der Waals surface area contributed by atoms with E-state index in [1.54, 1.807) is 0 Å². The molecule has 6 heteroatoms. The quantitative estimate of drug-likeness (QED) is 0.853. The number of nitrogens with one attached hydrogen (secondary N) is 1. The molecule has 0 spiro atoms. The molecule has 104 valence electrons. The number of carbonyl (C=O) groups is 1. The predicted molar refractivity (Wildman–Crippen MR) is 78.0 cm³/mol. The second-order valence-corrected chi connectivity index (χ2v) is 5.50. The van der Waals surface area contributed by atoms with Crippen LogP contribution >= 0.6 is 15.9 Å². The van der Waals surface area contributed by atoms with Gasteiger partial charge in [0.15, 0.2) is 5.69 Å². The third-order valence-corrected chi connectivity index (χ3v) is 3.91. The van der Waals surface area contributed by atoms with Crippen LogP contribution in [0.25, 0.3) is 5.69 Å². The van der Waals surface area contributed by atoms with Crippen molar-refractivity contribution in [2.45, 2.75) is 13.0 Å². The van der Waals surface area contributed by atoms with Crippen molar-refractivity contribution in [3.63, 3.8) is 0 Å². The number of hydrogen-bond donors (Lipinski definition) is 1. The molecule has 0 saturated carbocycles. The molecule has 0 aliphatic carbocycles. The molecule has 1 aromatic carbocycles. The smallest absolute Gasteiger partial charge is 0.358 e. The number of fused-ring (bicyclic) bond motifs is 1. The molecule has 1 aliphatic heterocycles. The summed E-state index contributed by atoms with van der Waals surface area (Å²) in [6.45, 7) is 1.53. The van der Waals surface area contributed by atoms with Crippen molar-refractivity contribution >= 4 is 21.9 Å². The number of esters is 1. The fraction of sp³-hybridized carbons (Fsp3) is 0.286. The molecule has 0 fully saturated rings. The van der Waals surface area contributed by atoms with Gasteiger partial charge in [-0.1, -0.05) is 15.9 Å². The zero-order valence-electron chi connectivity index (χ0n) is 11.0. The number of benzene rings is 1. The summed E-state index contributed by atoms with van der Waals surface area (Å²) in [5.41, 5.74) is 3.36. The van der Waals surface area contributed by atoms with E-state index in [0.717, 1.165) is 34.4 Å². The lowest BCUT2D eigenvalue weighted by atomic mass is 10.1. The van der Waals surface area contributed by atoms with Gasteiger partial charge in [-0.15, -0.1) is 0 Å². The number of nitrogens with zero attached hydrogens (tertiary/aromatic N) is 2. The number of carbonyl (C=O) groups excluding carboxylic acids is 1. The molecule has 2 heterocycles. The van der Waals surface area contributed by atoms with Gasteiger partial charge in [0, 0.05) is 29.5 Å². The van der Waals surface area contributed by atoms with Gasteiger partial charge in [-0.05, 0) is 24.3 Å². The van der Waals surface area contributed by atoms with Gasteiger partial charge in [0.25, 0.3) is 0 Å². The first-order valence-electron chi connectivity index (χ1n) is 6.36. The molecule has 1 aromatic heterocycles. The van der Waals surface area contributed by atoms with Crippen molar-refractivity contribution in [2.75, 3.05) is 13.7 Å². The Morgan fingerprint density at radius 3 is 2.85 bits per heavy atom. The first kappa shape index (κ1) is 13.3. The maximum absolute atomic E-state index is 11.9. The highest BCUT2D eigenvalue weighted by Crippen LogP contribution is 2.23. The largest absolute Gasteiger partial charge is 0.464 e. The van der Waals surface area contributed by atoms with Crippen molar-refractivity contribution < 1.29 is 9.53 Å². The Balaban J connectivity index is 2.13. The summed E-state index contributed by atoms with van der Waals surface area (Å²) < 4.78 is 7.67. The van der Waals surface area contributed by atoms with Crippen LogP contribution in [0.15, 0.2) is 28.7 Å². The summed E-state index contributed by atoms with van der Waals surface area (Å²) in [6.07, 6.45) is 0.843. The van der Waals surface area contributed by atoms with Crippen LogP contribution in [0.3, 0.4) is 0 Å². The number of hydrogen-bond acceptors (Lipinski definition) is 4. The van der Waals surface area contributed by atoms with Gasteiger partial charge in [-0.3, -0.25) is 0 Å². The third kappa shape index (κ3) is 2.25. The zero-order valence-corrected chi connectivity index (χ0v) is 12.6. The average Bonchev–Trinajstić information content (AvgIpc) is 2.87. The second-order valence-electron chi connectivity index (χ2n) is 4.58. The van der Waals surface area contributed by atoms with E-state index in [4.69, 9.17) is 4.74 Å². The number of methoxy groups -OCH3 is 1. The Bertz CT molecular complexity index is 649. The van der Waals surface area contributed by atoms with Gasteiger partial charge >= 0.3 is 5.97 Å². The van der Waals surface area contributed by atoms with E-state index < -0.39 is 0 Å². The van der Waals surface area contributed by atoms with Crippen LogP contribution in [0.4, 0.5) is 0 Å². The lowest BCUT2D eigenvalue weighted by molar-refractivity contribution is 0.0592. The van der Waals surface area contributed by atoms with E-state index in [2.05, 4.69) is 26.3 Å². The first-order chi connectivity index (χ1) is 9.70. The summed E-state index contributed by atoms with van der Waals surface area (Å²) in [5.74, 6) is -0.388. The molecular weight excluding hydrogens is 322 g/mol. The molecule has 1 N–H and O–H groups in total. The van der Waals surface area contributed by atoms with Crippen molar-refractivity contribution in [1.82, 2.24) is 15.1 Å². The molecular formula is C14H14BrN3O2. The molecule has 2 aromatic rings. The molecule has 0 atom stereocenters. The molecule has 3 rings (SSSR count). The Labute approximate surface area is 125 Å². The molecule has 0 bridgehead atoms. The van der Waals surface area contributed by atoms with Gasteiger partial charge in [0.2, 0.25) is 0 Å². The summed E-state index contributed by atoms with van der Waals surface area (Å²) in [6, 6.07) is 7.87. The van der Waals surface area contributed by atoms with E-state index in [1.807, 2.05) is 28.9 Å². The van der Waals surface area contributed by atoms with Crippen LogP contribution in [0, 0.1) is 0 Å². The predicted octanol–water partition coefficient (Wildman–Crippen LogP) is 2.07. The maximum atomic E-state index is 11.9. The zero-order chi connectivity index (χ0) is 14.1. The lowest BCUT2D eigenvalue weighted by Crippen LogP contribution is -2.25. The SMILES string of the molecule is COC(=O)c1nn(-c2ccc(Br)cc2)c2c1CNCC2. The number of ether oxygens (including phenoxy) is 1. The van der Waals surface area contributed by atoms with Crippen molar-refractivity contribution in [2.24, 2.45) is 0 Å². The van der Waals surface area contributed by atoms with E-state index in [9.17, 15) is 4.79 Å². The van der Waals surface area contributed by atoms with Gasteiger partial charge in [0.05, 0.1) is 18.5 Å². The van der Waals surface area contributed by atoms with Crippen LogP contribution in [0.1, 0.15) is 21.7 Å². The first-order valence-corrected chi connectivity index (χ1v) is 7.15. The highest BCUT2D eigenvalue weighted by molar-refractivity contribution is 9.10. The highest BCUT2D eigenvalue weighted by atomic mass is 79.9. The van der Waals surface area contributed by atoms with E-state index >= 15 is 0 Å². The van der Waals surface area contributed by atoms with Gasteiger partial charge < -0.3 is 10.1 Å². The van der Waals surface area contributed by atoms with Crippen molar-refractivity contribution in [3.8, 4) is 5.69 Å². The van der Waals surface area contributed by atoms with E-state index in [1.165, 1.54) is 7.11 Å². The lowest BCUT2D eigenvalue weighted by Gasteiger charge is -2.15. The molecule has 20 heavy (non-hydrogen) atoms. The number of aromatic nitrogens is 2. The Hall–Kier alpha value is -1.66. The minimum atomic E-state index is -0.388. The van der Waals surface area contributed by atoms with Crippen LogP contribution in [-0.4, -0.2) is 29.4 Å². The highest BCUT2D eigenvalue weighted by Gasteiger charge is 2.25.